The van der Waals surface area contributed by atoms with E-state index in [9.17, 15) is 33.9 Å². The summed E-state index contributed by atoms with van der Waals surface area (Å²) in [6.07, 6.45) is 0.608. The van der Waals surface area contributed by atoms with Crippen LogP contribution in [0.25, 0.3) is 10.9 Å². The molecule has 2 aromatic rings. The normalized spacial score (nSPS) is 14.1. The number of hydrogen-bond acceptors (Lipinski definition) is 7. The lowest BCUT2D eigenvalue weighted by Gasteiger charge is -2.23. The van der Waals surface area contributed by atoms with Gasteiger partial charge in [0.2, 0.25) is 23.6 Å². The zero-order valence-corrected chi connectivity index (χ0v) is 20.7. The van der Waals surface area contributed by atoms with Crippen molar-refractivity contribution >= 4 is 46.5 Å². The molecule has 4 amide bonds. The molecule has 0 fully saturated rings. The van der Waals surface area contributed by atoms with Crippen LogP contribution in [-0.4, -0.2) is 74.9 Å². The summed E-state index contributed by atoms with van der Waals surface area (Å²) < 4.78 is 0. The van der Waals surface area contributed by atoms with Crippen LogP contribution in [0.1, 0.15) is 38.2 Å². The summed E-state index contributed by atoms with van der Waals surface area (Å²) in [5.41, 5.74) is 12.3. The fourth-order valence-corrected chi connectivity index (χ4v) is 3.64. The number of carbonyl (C=O) groups excluding carboxylic acids is 4. The fourth-order valence-electron chi connectivity index (χ4n) is 3.64. The molecule has 1 heterocycles. The van der Waals surface area contributed by atoms with Gasteiger partial charge in [0, 0.05) is 36.4 Å². The van der Waals surface area contributed by atoms with Gasteiger partial charge in [0.25, 0.3) is 0 Å². The number of para-hydroxylation sites is 1. The average Bonchev–Trinajstić information content (AvgIpc) is 3.26. The van der Waals surface area contributed by atoms with Gasteiger partial charge >= 0.3 is 11.9 Å². The van der Waals surface area contributed by atoms with Gasteiger partial charge in [-0.25, -0.2) is 4.79 Å². The predicted octanol–water partition coefficient (Wildman–Crippen LogP) is -1.27. The summed E-state index contributed by atoms with van der Waals surface area (Å²) in [5, 5.41) is 26.3. The van der Waals surface area contributed by atoms with Crippen molar-refractivity contribution in [3.63, 3.8) is 0 Å². The van der Waals surface area contributed by atoms with Crippen LogP contribution in [0, 0.1) is 0 Å². The second-order valence-electron chi connectivity index (χ2n) is 8.80. The summed E-state index contributed by atoms with van der Waals surface area (Å²) in [6, 6.07) is 2.21. The van der Waals surface area contributed by atoms with Crippen molar-refractivity contribution in [1.29, 1.82) is 0 Å². The van der Waals surface area contributed by atoms with Crippen LogP contribution >= 0.6 is 0 Å². The number of fused-ring (bicyclic) bond motifs is 1. The highest BCUT2D eigenvalue weighted by atomic mass is 16.4. The molecule has 14 nitrogen and oxygen atoms in total. The molecule has 2 rings (SSSR count). The molecule has 4 unspecified atom stereocenters. The number of amides is 4. The van der Waals surface area contributed by atoms with Crippen molar-refractivity contribution in [2.75, 3.05) is 0 Å². The van der Waals surface area contributed by atoms with Gasteiger partial charge in [-0.05, 0) is 31.4 Å². The molecule has 4 atom stereocenters. The highest BCUT2D eigenvalue weighted by Gasteiger charge is 2.29. The van der Waals surface area contributed by atoms with Crippen LogP contribution in [0.4, 0.5) is 0 Å². The van der Waals surface area contributed by atoms with Gasteiger partial charge in [-0.15, -0.1) is 0 Å². The number of primary amides is 1. The maximum Gasteiger partial charge on any atom is 0.326 e. The summed E-state index contributed by atoms with van der Waals surface area (Å²) >= 11 is 0. The lowest BCUT2D eigenvalue weighted by atomic mass is 10.0. The average molecular weight is 533 g/mol. The Morgan fingerprint density at radius 3 is 2.18 bits per heavy atom. The third kappa shape index (κ3) is 8.89. The number of rotatable bonds is 15. The first-order valence-electron chi connectivity index (χ1n) is 11.8. The van der Waals surface area contributed by atoms with E-state index in [1.165, 1.54) is 6.92 Å². The topological polar surface area (TPSA) is 247 Å². The van der Waals surface area contributed by atoms with E-state index in [4.69, 9.17) is 16.6 Å². The lowest BCUT2D eigenvalue weighted by molar-refractivity contribution is -0.142. The van der Waals surface area contributed by atoms with Gasteiger partial charge in [0.05, 0.1) is 6.04 Å². The number of carboxylic acids is 2. The van der Waals surface area contributed by atoms with Crippen LogP contribution in [0.15, 0.2) is 30.5 Å². The first kappa shape index (κ1) is 29.8. The first-order valence-corrected chi connectivity index (χ1v) is 11.8. The Balaban J connectivity index is 2.08. The van der Waals surface area contributed by atoms with Crippen molar-refractivity contribution in [1.82, 2.24) is 20.9 Å². The number of aromatic amines is 1. The second-order valence-corrected chi connectivity index (χ2v) is 8.80. The number of nitrogens with one attached hydrogen (secondary N) is 4. The molecule has 1 aromatic carbocycles. The Morgan fingerprint density at radius 2 is 1.55 bits per heavy atom. The van der Waals surface area contributed by atoms with Gasteiger partial charge in [-0.1, -0.05) is 18.2 Å². The number of aliphatic carboxylic acids is 2. The quantitative estimate of drug-likeness (QED) is 0.136. The Bertz CT molecular complexity index is 1200. The Labute approximate surface area is 217 Å². The number of carboxylic acid groups (broad SMARTS) is 2. The van der Waals surface area contributed by atoms with E-state index < -0.39 is 59.7 Å². The van der Waals surface area contributed by atoms with Gasteiger partial charge in [0.15, 0.2) is 0 Å². The minimum Gasteiger partial charge on any atom is -0.481 e. The SMILES string of the molecule is CC(NC(=O)C(N)CCC(=O)O)C(=O)NC(CCC(N)=O)C(=O)NC(Cc1c[nH]c2ccccc12)C(=O)O. The highest BCUT2D eigenvalue weighted by molar-refractivity contribution is 5.94. The largest absolute Gasteiger partial charge is 0.481 e. The molecule has 206 valence electrons. The molecule has 0 saturated heterocycles. The minimum atomic E-state index is -1.35. The van der Waals surface area contributed by atoms with E-state index in [2.05, 4.69) is 20.9 Å². The molecule has 0 radical (unpaired) electrons. The van der Waals surface area contributed by atoms with Crippen LogP contribution in [-0.2, 0) is 35.2 Å². The van der Waals surface area contributed by atoms with Gasteiger partial charge < -0.3 is 42.6 Å². The smallest absolute Gasteiger partial charge is 0.326 e. The third-order valence-electron chi connectivity index (χ3n) is 5.78. The second kappa shape index (κ2) is 13.7. The molecule has 14 heteroatoms. The van der Waals surface area contributed by atoms with Crippen molar-refractivity contribution in [3.8, 4) is 0 Å². The molecule has 0 aliphatic heterocycles. The number of H-pyrrole nitrogens is 1. The minimum absolute atomic E-state index is 0.0533. The maximum atomic E-state index is 13.0. The van der Waals surface area contributed by atoms with Crippen molar-refractivity contribution in [3.05, 3.63) is 36.0 Å². The molecule has 0 aliphatic rings. The molecule has 10 N–H and O–H groups in total. The number of hydrogen-bond donors (Lipinski definition) is 8. The zero-order valence-electron chi connectivity index (χ0n) is 20.7. The summed E-state index contributed by atoms with van der Waals surface area (Å²) in [5.74, 6) is -5.61. The fraction of sp³-hybridized carbons (Fsp3) is 0.417. The number of nitrogens with two attached hydrogens (primary N) is 2. The highest BCUT2D eigenvalue weighted by Crippen LogP contribution is 2.19. The molecule has 0 bridgehead atoms. The number of benzene rings is 1. The predicted molar refractivity (Wildman–Crippen MR) is 134 cm³/mol. The Hall–Kier alpha value is -4.46. The van der Waals surface area contributed by atoms with Crippen LogP contribution in [0.3, 0.4) is 0 Å². The lowest BCUT2D eigenvalue weighted by Crippen LogP contribution is -2.56. The molecule has 0 spiro atoms. The molecule has 0 saturated carbocycles. The Kier molecular flexibility index (Phi) is 10.8. The first-order chi connectivity index (χ1) is 17.9. The van der Waals surface area contributed by atoms with Crippen LogP contribution < -0.4 is 27.4 Å². The van der Waals surface area contributed by atoms with E-state index >= 15 is 0 Å². The van der Waals surface area contributed by atoms with Crippen LogP contribution in [0.5, 0.6) is 0 Å². The zero-order chi connectivity index (χ0) is 28.4. The monoisotopic (exact) mass is 532 g/mol. The summed E-state index contributed by atoms with van der Waals surface area (Å²) in [6.45, 7) is 1.32. The van der Waals surface area contributed by atoms with Crippen LogP contribution in [0.2, 0.25) is 0 Å². The molecule has 0 aliphatic carbocycles. The van der Waals surface area contributed by atoms with Crippen molar-refractivity contribution in [2.24, 2.45) is 11.5 Å². The van der Waals surface area contributed by atoms with E-state index in [-0.39, 0.29) is 32.1 Å². The summed E-state index contributed by atoms with van der Waals surface area (Å²) in [4.78, 5) is 74.7. The molecule has 38 heavy (non-hydrogen) atoms. The maximum absolute atomic E-state index is 13.0. The molecule has 1 aromatic heterocycles. The van der Waals surface area contributed by atoms with Gasteiger partial charge in [0.1, 0.15) is 18.1 Å². The van der Waals surface area contributed by atoms with Crippen molar-refractivity contribution < 1.29 is 39.0 Å². The number of carbonyl (C=O) groups is 6. The molecular formula is C24H32N6O8. The van der Waals surface area contributed by atoms with E-state index in [1.54, 1.807) is 18.3 Å². The van der Waals surface area contributed by atoms with E-state index in [0.717, 1.165) is 10.9 Å². The van der Waals surface area contributed by atoms with Gasteiger partial charge in [-0.2, -0.15) is 0 Å². The Morgan fingerprint density at radius 1 is 0.895 bits per heavy atom. The van der Waals surface area contributed by atoms with E-state index in [1.807, 2.05) is 12.1 Å². The number of aromatic nitrogens is 1. The molecular weight excluding hydrogens is 500 g/mol. The van der Waals surface area contributed by atoms with E-state index in [0.29, 0.717) is 5.56 Å². The summed E-state index contributed by atoms with van der Waals surface area (Å²) in [7, 11) is 0. The van der Waals surface area contributed by atoms with Gasteiger partial charge in [-0.3, -0.25) is 24.0 Å². The third-order valence-corrected chi connectivity index (χ3v) is 5.78. The standard InChI is InChI=1S/C24H32N6O8/c1-12(28-22(35)15(25)6-9-20(32)33)21(34)29-17(7-8-19(26)31)23(36)30-18(24(37)38)10-13-11-27-16-5-3-2-4-14(13)16/h2-5,11-12,15,17-18,27H,6-10,25H2,1H3,(H2,26,31)(H,28,35)(H,29,34)(H,30,36)(H,32,33)(H,37,38). The van der Waals surface area contributed by atoms with Crippen molar-refractivity contribution in [2.45, 2.75) is 63.2 Å².